The molecule has 3 rings (SSSR count). The zero-order chi connectivity index (χ0) is 21.8. The maximum atomic E-state index is 13.0. The predicted molar refractivity (Wildman–Crippen MR) is 117 cm³/mol. The molecule has 0 aliphatic carbocycles. The van der Waals surface area contributed by atoms with Crippen LogP contribution in [0.5, 0.6) is 0 Å². The number of carbonyl (C=O) groups is 2. The second-order valence-corrected chi connectivity index (χ2v) is 7.99. The van der Waals surface area contributed by atoms with Gasteiger partial charge in [0.2, 0.25) is 0 Å². The number of carbonyl (C=O) groups excluding carboxylic acids is 2. The number of H-pyrrole nitrogens is 1. The molecule has 0 saturated heterocycles. The van der Waals surface area contributed by atoms with Crippen LogP contribution >= 0.6 is 23.4 Å². The number of hydrogen-bond donors (Lipinski definition) is 1. The van der Waals surface area contributed by atoms with E-state index >= 15 is 0 Å². The molecule has 0 spiro atoms. The lowest BCUT2D eigenvalue weighted by atomic mass is 10.1. The van der Waals surface area contributed by atoms with Gasteiger partial charge in [-0.1, -0.05) is 23.4 Å². The van der Waals surface area contributed by atoms with Crippen LogP contribution in [0.25, 0.3) is 11.4 Å². The van der Waals surface area contributed by atoms with Gasteiger partial charge in [-0.05, 0) is 52.0 Å². The highest BCUT2D eigenvalue weighted by atomic mass is 35.5. The van der Waals surface area contributed by atoms with E-state index in [9.17, 15) is 9.59 Å². The first-order valence-electron chi connectivity index (χ1n) is 9.58. The lowest BCUT2D eigenvalue weighted by Gasteiger charge is -2.08. The molecule has 7 nitrogen and oxygen atoms in total. The van der Waals surface area contributed by atoms with Crippen LogP contribution in [0.1, 0.15) is 46.0 Å². The number of hydrogen-bond acceptors (Lipinski definition) is 6. The maximum Gasteiger partial charge on any atom is 0.340 e. The topological polar surface area (TPSA) is 89.9 Å². The summed E-state index contributed by atoms with van der Waals surface area (Å²) >= 11 is 7.26. The maximum absolute atomic E-state index is 13.0. The number of benzene rings is 1. The highest BCUT2D eigenvalue weighted by Gasteiger charge is 2.26. The lowest BCUT2D eigenvalue weighted by Crippen LogP contribution is -2.13. The number of rotatable bonds is 8. The molecular formula is C21H23ClN4O3S. The summed E-state index contributed by atoms with van der Waals surface area (Å²) in [7, 11) is 0. The van der Waals surface area contributed by atoms with Gasteiger partial charge in [-0.3, -0.25) is 4.79 Å². The van der Waals surface area contributed by atoms with Crippen molar-refractivity contribution in [2.75, 3.05) is 12.4 Å². The van der Waals surface area contributed by atoms with Crippen molar-refractivity contribution < 1.29 is 14.3 Å². The third-order valence-corrected chi connectivity index (χ3v) is 5.82. The summed E-state index contributed by atoms with van der Waals surface area (Å²) in [4.78, 5) is 28.4. The summed E-state index contributed by atoms with van der Waals surface area (Å²) in [5.41, 5.74) is 2.85. The number of aromatic amines is 1. The van der Waals surface area contributed by atoms with Crippen molar-refractivity contribution >= 4 is 35.1 Å². The molecule has 1 N–H and O–H groups in total. The number of esters is 1. The monoisotopic (exact) mass is 446 g/mol. The van der Waals surface area contributed by atoms with Crippen molar-refractivity contribution in [1.82, 2.24) is 19.7 Å². The number of nitrogens with one attached hydrogen (secondary N) is 1. The minimum atomic E-state index is -0.491. The highest BCUT2D eigenvalue weighted by molar-refractivity contribution is 7.99. The predicted octanol–water partition coefficient (Wildman–Crippen LogP) is 4.72. The fourth-order valence-corrected chi connectivity index (χ4v) is 4.28. The van der Waals surface area contributed by atoms with Crippen molar-refractivity contribution in [3.8, 4) is 11.4 Å². The molecule has 0 bridgehead atoms. The molecule has 2 aromatic heterocycles. The molecular weight excluding hydrogens is 424 g/mol. The molecule has 0 aliphatic heterocycles. The minimum absolute atomic E-state index is 0.128. The van der Waals surface area contributed by atoms with Gasteiger partial charge in [0.05, 0.1) is 23.5 Å². The van der Waals surface area contributed by atoms with Crippen LogP contribution in [0.4, 0.5) is 0 Å². The fraction of sp³-hybridized carbons (Fsp3) is 0.333. The van der Waals surface area contributed by atoms with Crippen LogP contribution in [-0.2, 0) is 11.3 Å². The van der Waals surface area contributed by atoms with E-state index in [0.717, 1.165) is 5.56 Å². The SMILES string of the molecule is CCOC(=O)c1c(C)[nH]c(C)c1C(=O)CSc1nnc(-c2ccc(Cl)cc2)n1CC. The Labute approximate surface area is 184 Å². The van der Waals surface area contributed by atoms with Crippen LogP contribution in [0, 0.1) is 13.8 Å². The number of aromatic nitrogens is 4. The van der Waals surface area contributed by atoms with Crippen molar-refractivity contribution in [3.63, 3.8) is 0 Å². The second kappa shape index (κ2) is 9.49. The number of thioether (sulfide) groups is 1. The Morgan fingerprint density at radius 3 is 2.40 bits per heavy atom. The van der Waals surface area contributed by atoms with Crippen molar-refractivity contribution in [2.45, 2.75) is 39.4 Å². The van der Waals surface area contributed by atoms with E-state index in [1.807, 2.05) is 23.6 Å². The first-order chi connectivity index (χ1) is 14.4. The number of ether oxygens (including phenoxy) is 1. The summed E-state index contributed by atoms with van der Waals surface area (Å²) in [5, 5.41) is 9.83. The molecule has 0 amide bonds. The molecule has 1 aromatic carbocycles. The van der Waals surface area contributed by atoms with Gasteiger partial charge in [-0.25, -0.2) is 4.79 Å². The molecule has 0 fully saturated rings. The summed E-state index contributed by atoms with van der Waals surface area (Å²) < 4.78 is 7.07. The number of aryl methyl sites for hydroxylation is 2. The van der Waals surface area contributed by atoms with Gasteiger partial charge < -0.3 is 14.3 Å². The molecule has 0 unspecified atom stereocenters. The van der Waals surface area contributed by atoms with Gasteiger partial charge in [0.25, 0.3) is 0 Å². The Morgan fingerprint density at radius 1 is 1.10 bits per heavy atom. The van der Waals surface area contributed by atoms with Gasteiger partial charge >= 0.3 is 5.97 Å². The van der Waals surface area contributed by atoms with Crippen molar-refractivity contribution in [3.05, 3.63) is 51.8 Å². The smallest absolute Gasteiger partial charge is 0.340 e. The number of Topliss-reactive ketones (excluding diaryl/α,β-unsaturated/α-hetero) is 1. The molecule has 0 atom stereocenters. The Hall–Kier alpha value is -2.58. The fourth-order valence-electron chi connectivity index (χ4n) is 3.28. The standard InChI is InChI=1S/C21H23ClN4O3S/c1-5-26-19(14-7-9-15(22)10-8-14)24-25-21(26)30-11-16(27)17-12(3)23-13(4)18(17)20(28)29-6-2/h7-10,23H,5-6,11H2,1-4H3. The second-order valence-electron chi connectivity index (χ2n) is 6.61. The van der Waals surface area contributed by atoms with Gasteiger partial charge in [0.15, 0.2) is 16.8 Å². The molecule has 158 valence electrons. The zero-order valence-electron chi connectivity index (χ0n) is 17.3. The van der Waals surface area contributed by atoms with Gasteiger partial charge in [-0.2, -0.15) is 0 Å². The summed E-state index contributed by atoms with van der Waals surface area (Å²) in [6.07, 6.45) is 0. The molecule has 30 heavy (non-hydrogen) atoms. The van der Waals surface area contributed by atoms with Crippen molar-refractivity contribution in [2.24, 2.45) is 0 Å². The summed E-state index contributed by atoms with van der Waals surface area (Å²) in [6, 6.07) is 7.37. The molecule has 0 aliphatic rings. The Kier molecular flexibility index (Phi) is 6.99. The lowest BCUT2D eigenvalue weighted by molar-refractivity contribution is 0.0522. The van der Waals surface area contributed by atoms with Gasteiger partial charge in [-0.15, -0.1) is 10.2 Å². The van der Waals surface area contributed by atoms with E-state index in [-0.39, 0.29) is 18.1 Å². The normalized spacial score (nSPS) is 11.0. The minimum Gasteiger partial charge on any atom is -0.462 e. The molecule has 2 heterocycles. The quantitative estimate of drug-likeness (QED) is 0.306. The van der Waals surface area contributed by atoms with E-state index in [1.54, 1.807) is 32.9 Å². The molecule has 3 aromatic rings. The van der Waals surface area contributed by atoms with Gasteiger partial charge in [0.1, 0.15) is 0 Å². The van der Waals surface area contributed by atoms with Crippen LogP contribution in [0.15, 0.2) is 29.4 Å². The van der Waals surface area contributed by atoms with E-state index in [4.69, 9.17) is 16.3 Å². The zero-order valence-corrected chi connectivity index (χ0v) is 18.9. The molecule has 0 radical (unpaired) electrons. The van der Waals surface area contributed by atoms with E-state index in [0.29, 0.717) is 45.1 Å². The average molecular weight is 447 g/mol. The van der Waals surface area contributed by atoms with Crippen molar-refractivity contribution in [1.29, 1.82) is 0 Å². The summed E-state index contributed by atoms with van der Waals surface area (Å²) in [5.74, 6) is 0.187. The van der Waals surface area contributed by atoms with E-state index < -0.39 is 5.97 Å². The van der Waals surface area contributed by atoms with Crippen LogP contribution < -0.4 is 0 Å². The number of ketones is 1. The first kappa shape index (κ1) is 22.1. The Morgan fingerprint density at radius 2 is 1.77 bits per heavy atom. The first-order valence-corrected chi connectivity index (χ1v) is 10.9. The highest BCUT2D eigenvalue weighted by Crippen LogP contribution is 2.27. The van der Waals surface area contributed by atoms with E-state index in [2.05, 4.69) is 15.2 Å². The Balaban J connectivity index is 1.82. The molecule has 9 heteroatoms. The molecule has 0 saturated carbocycles. The number of halogens is 1. The largest absolute Gasteiger partial charge is 0.462 e. The third-order valence-electron chi connectivity index (χ3n) is 4.60. The van der Waals surface area contributed by atoms with Crippen LogP contribution in [0.2, 0.25) is 5.02 Å². The van der Waals surface area contributed by atoms with E-state index in [1.165, 1.54) is 11.8 Å². The average Bonchev–Trinajstić information content (AvgIpc) is 3.26. The number of nitrogens with zero attached hydrogens (tertiary/aromatic N) is 3. The van der Waals surface area contributed by atoms with Gasteiger partial charge in [0, 0.05) is 28.5 Å². The third kappa shape index (κ3) is 4.44. The van der Waals surface area contributed by atoms with Crippen LogP contribution in [0.3, 0.4) is 0 Å². The van der Waals surface area contributed by atoms with Crippen LogP contribution in [-0.4, -0.2) is 43.9 Å². The summed E-state index contributed by atoms with van der Waals surface area (Å²) in [6.45, 7) is 8.17. The Bertz CT molecular complexity index is 1070.